The standard InChI is InChI=1S/2C18H16ClN3O2.Ni/c2*1-12-17(20-11-13-10-14(19)8-9-16(13)23)18(24)22(21(12)2)15-6-4-3-5-7-15;/h2*3-11,23H,1-2H3;/q;;+2/p-2. The molecule has 0 aliphatic heterocycles. The van der Waals surface area contributed by atoms with Crippen LogP contribution in [0.15, 0.2) is 117 Å². The number of hydrogen-bond acceptors (Lipinski definition) is 6. The van der Waals surface area contributed by atoms with Crippen molar-refractivity contribution in [2.24, 2.45) is 24.1 Å². The summed E-state index contributed by atoms with van der Waals surface area (Å²) in [6, 6.07) is 27.5. The summed E-state index contributed by atoms with van der Waals surface area (Å²) < 4.78 is 6.55. The molecule has 13 heteroatoms. The van der Waals surface area contributed by atoms with E-state index in [1.165, 1.54) is 58.2 Å². The summed E-state index contributed by atoms with van der Waals surface area (Å²) in [7, 11) is 3.59. The fourth-order valence-corrected chi connectivity index (χ4v) is 5.28. The van der Waals surface area contributed by atoms with E-state index >= 15 is 0 Å². The van der Waals surface area contributed by atoms with Crippen LogP contribution in [0.4, 0.5) is 11.4 Å². The Balaban J connectivity index is 0.000000216. The maximum absolute atomic E-state index is 12.7. The second kappa shape index (κ2) is 15.9. The minimum atomic E-state index is -0.244. The van der Waals surface area contributed by atoms with Crippen LogP contribution in [0.3, 0.4) is 0 Å². The van der Waals surface area contributed by atoms with Gasteiger partial charge in [0.1, 0.15) is 0 Å². The van der Waals surface area contributed by atoms with Gasteiger partial charge in [0.25, 0.3) is 11.1 Å². The van der Waals surface area contributed by atoms with E-state index in [4.69, 9.17) is 23.2 Å². The van der Waals surface area contributed by atoms with E-state index in [9.17, 15) is 19.8 Å². The Morgan fingerprint density at radius 2 is 0.939 bits per heavy atom. The van der Waals surface area contributed by atoms with E-state index in [-0.39, 0.29) is 39.1 Å². The van der Waals surface area contributed by atoms with Gasteiger partial charge in [0.05, 0.1) is 22.8 Å². The van der Waals surface area contributed by atoms with E-state index in [0.29, 0.717) is 43.9 Å². The summed E-state index contributed by atoms with van der Waals surface area (Å²) in [6.07, 6.45) is 2.76. The fourth-order valence-electron chi connectivity index (χ4n) is 4.91. The molecule has 252 valence electrons. The van der Waals surface area contributed by atoms with Gasteiger partial charge in [0, 0.05) is 36.6 Å². The Labute approximate surface area is 302 Å². The van der Waals surface area contributed by atoms with Crippen molar-refractivity contribution >= 4 is 47.0 Å². The molecule has 2 aromatic heterocycles. The van der Waals surface area contributed by atoms with Gasteiger partial charge in [0.2, 0.25) is 0 Å². The molecule has 0 aliphatic carbocycles. The third kappa shape index (κ3) is 7.97. The second-order valence-corrected chi connectivity index (χ2v) is 11.6. The van der Waals surface area contributed by atoms with Crippen LogP contribution in [-0.4, -0.2) is 31.2 Å². The Morgan fingerprint density at radius 1 is 0.592 bits per heavy atom. The molecule has 0 radical (unpaired) electrons. The molecule has 0 bridgehead atoms. The minimum absolute atomic E-state index is 0. The van der Waals surface area contributed by atoms with E-state index in [2.05, 4.69) is 9.98 Å². The Kier molecular flexibility index (Phi) is 11.9. The van der Waals surface area contributed by atoms with Gasteiger partial charge in [-0.1, -0.05) is 83.2 Å². The van der Waals surface area contributed by atoms with Crippen molar-refractivity contribution in [2.45, 2.75) is 13.8 Å². The van der Waals surface area contributed by atoms with Crippen LogP contribution in [0.5, 0.6) is 11.5 Å². The SMILES string of the molecule is Cc1c(N=Cc2cc(Cl)ccc2[O-])c(=O)n(-c2ccccc2)n1C.Cc1c(N=Cc2cc(Cl)ccc2[O-])c(=O)n(-c2ccccc2)n1C.[Ni+2]. The number of benzene rings is 4. The largest absolute Gasteiger partial charge is 2.00 e. The van der Waals surface area contributed by atoms with E-state index in [1.54, 1.807) is 23.5 Å². The van der Waals surface area contributed by atoms with Gasteiger partial charge in [0.15, 0.2) is 11.4 Å². The van der Waals surface area contributed by atoms with Crippen LogP contribution >= 0.6 is 23.2 Å². The van der Waals surface area contributed by atoms with Crippen LogP contribution in [0.2, 0.25) is 10.0 Å². The number of para-hydroxylation sites is 2. The fraction of sp³-hybridized carbons (Fsp3) is 0.111. The molecule has 0 fully saturated rings. The first-order valence-electron chi connectivity index (χ1n) is 14.7. The number of aromatic nitrogens is 4. The molecular weight excluding hydrogens is 710 g/mol. The maximum atomic E-state index is 12.7. The number of nitrogens with zero attached hydrogens (tertiary/aromatic N) is 6. The first kappa shape index (κ1) is 36.7. The summed E-state index contributed by atoms with van der Waals surface area (Å²) in [4.78, 5) is 33.9. The van der Waals surface area contributed by atoms with Crippen molar-refractivity contribution < 1.29 is 26.7 Å². The Bertz CT molecular complexity index is 2110. The Morgan fingerprint density at radius 3 is 1.29 bits per heavy atom. The van der Waals surface area contributed by atoms with E-state index < -0.39 is 0 Å². The van der Waals surface area contributed by atoms with E-state index in [0.717, 1.165) is 11.4 Å². The molecular formula is C36H30Cl2N6NiO4. The van der Waals surface area contributed by atoms with Gasteiger partial charge < -0.3 is 10.2 Å². The number of halogens is 2. The quantitative estimate of drug-likeness (QED) is 0.155. The predicted octanol–water partition coefficient (Wildman–Crippen LogP) is 5.92. The summed E-state index contributed by atoms with van der Waals surface area (Å²) in [5.74, 6) is -0.389. The maximum Gasteiger partial charge on any atom is 2.00 e. The van der Waals surface area contributed by atoms with Crippen LogP contribution < -0.4 is 21.3 Å². The molecule has 10 nitrogen and oxygen atoms in total. The molecule has 2 heterocycles. The first-order chi connectivity index (χ1) is 23.0. The minimum Gasteiger partial charge on any atom is -0.872 e. The van der Waals surface area contributed by atoms with Crippen LogP contribution in [0.1, 0.15) is 22.5 Å². The normalized spacial score (nSPS) is 11.1. The van der Waals surface area contributed by atoms with Crippen molar-refractivity contribution in [3.63, 3.8) is 0 Å². The molecule has 4 aromatic carbocycles. The summed E-state index contributed by atoms with van der Waals surface area (Å²) >= 11 is 11.8. The molecule has 6 aromatic rings. The molecule has 0 spiro atoms. The van der Waals surface area contributed by atoms with Crippen LogP contribution in [0, 0.1) is 13.8 Å². The van der Waals surface area contributed by atoms with Gasteiger partial charge in [-0.15, -0.1) is 0 Å². The number of hydrogen-bond donors (Lipinski definition) is 0. The second-order valence-electron chi connectivity index (χ2n) is 10.7. The molecule has 0 saturated heterocycles. The third-order valence-electron chi connectivity index (χ3n) is 7.66. The number of rotatable bonds is 6. The van der Waals surface area contributed by atoms with Crippen LogP contribution in [-0.2, 0) is 30.6 Å². The average Bonchev–Trinajstić information content (AvgIpc) is 3.43. The average molecular weight is 740 g/mol. The van der Waals surface area contributed by atoms with Crippen molar-refractivity contribution in [3.05, 3.63) is 150 Å². The van der Waals surface area contributed by atoms with Gasteiger partial charge >= 0.3 is 16.5 Å². The molecule has 0 amide bonds. The molecule has 0 N–H and O–H groups in total. The molecule has 49 heavy (non-hydrogen) atoms. The molecule has 0 saturated carbocycles. The van der Waals surface area contributed by atoms with Crippen molar-refractivity contribution in [2.75, 3.05) is 0 Å². The summed E-state index contributed by atoms with van der Waals surface area (Å²) in [6.45, 7) is 3.62. The van der Waals surface area contributed by atoms with Gasteiger partial charge in [-0.3, -0.25) is 19.0 Å². The first-order valence-corrected chi connectivity index (χ1v) is 15.4. The molecule has 0 unspecified atom stereocenters. The summed E-state index contributed by atoms with van der Waals surface area (Å²) in [5, 5.41) is 24.5. The van der Waals surface area contributed by atoms with Gasteiger partial charge in [-0.2, -0.15) is 0 Å². The zero-order valence-corrected chi connectivity index (χ0v) is 29.3. The van der Waals surface area contributed by atoms with Gasteiger partial charge in [-0.05, 0) is 73.5 Å². The zero-order valence-electron chi connectivity index (χ0n) is 26.8. The van der Waals surface area contributed by atoms with Crippen molar-refractivity contribution in [1.29, 1.82) is 0 Å². The van der Waals surface area contributed by atoms with Gasteiger partial charge in [-0.25, -0.2) is 19.3 Å². The zero-order chi connectivity index (χ0) is 34.5. The van der Waals surface area contributed by atoms with E-state index in [1.807, 2.05) is 74.5 Å². The van der Waals surface area contributed by atoms with Crippen molar-refractivity contribution in [1.82, 2.24) is 18.7 Å². The molecule has 0 aliphatic rings. The smallest absolute Gasteiger partial charge is 0.872 e. The van der Waals surface area contributed by atoms with Crippen LogP contribution in [0.25, 0.3) is 11.4 Å². The predicted molar refractivity (Wildman–Crippen MR) is 188 cm³/mol. The molecule has 6 rings (SSSR count). The molecule has 0 atom stereocenters. The topological polar surface area (TPSA) is 125 Å². The number of aliphatic imine (C=N–C) groups is 2. The third-order valence-corrected chi connectivity index (χ3v) is 8.13. The van der Waals surface area contributed by atoms with Crippen molar-refractivity contribution in [3.8, 4) is 22.9 Å². The monoisotopic (exact) mass is 738 g/mol. The summed E-state index contributed by atoms with van der Waals surface area (Å²) in [5.41, 5.74) is 3.70. The Hall–Kier alpha value is -5.09.